The Morgan fingerprint density at radius 1 is 1.12 bits per heavy atom. The second-order valence-corrected chi connectivity index (χ2v) is 7.36. The van der Waals surface area contributed by atoms with Crippen LogP contribution in [-0.4, -0.2) is 34.9 Å². The molecule has 4 rings (SSSR count). The molecular weight excluding hydrogens is 346 g/mol. The molecule has 1 fully saturated rings. The average Bonchev–Trinajstić information content (AvgIpc) is 3.07. The zero-order chi connectivity index (χ0) is 17.9. The number of amides is 1. The third kappa shape index (κ3) is 3.92. The Balaban J connectivity index is 1.32. The molecule has 0 radical (unpaired) electrons. The summed E-state index contributed by atoms with van der Waals surface area (Å²) in [5.74, 6) is -0.0427. The van der Waals surface area contributed by atoms with E-state index in [1.165, 1.54) is 5.56 Å². The van der Waals surface area contributed by atoms with E-state index in [1.54, 1.807) is 0 Å². The molecule has 0 aliphatic carbocycles. The van der Waals surface area contributed by atoms with Crippen LogP contribution in [0.3, 0.4) is 0 Å². The normalized spacial score (nSPS) is 16.0. The quantitative estimate of drug-likeness (QED) is 0.725. The number of fused-ring (bicyclic) bond motifs is 1. The summed E-state index contributed by atoms with van der Waals surface area (Å²) in [5.41, 5.74) is 2.86. The Morgan fingerprint density at radius 2 is 1.88 bits per heavy atom. The van der Waals surface area contributed by atoms with Gasteiger partial charge in [-0.05, 0) is 42.7 Å². The topological polar surface area (TPSA) is 48.1 Å². The lowest BCUT2D eigenvalue weighted by molar-refractivity contribution is 0.0904. The van der Waals surface area contributed by atoms with Crippen LogP contribution in [0.4, 0.5) is 0 Å². The van der Waals surface area contributed by atoms with Gasteiger partial charge in [0.05, 0.1) is 0 Å². The summed E-state index contributed by atoms with van der Waals surface area (Å²) >= 11 is 6.02. The highest BCUT2D eigenvalue weighted by molar-refractivity contribution is 6.31. The molecule has 4 nitrogen and oxygen atoms in total. The lowest BCUT2D eigenvalue weighted by Gasteiger charge is -2.32. The SMILES string of the molecule is O=C(NC1CCN(Cc2ccccc2)CC1)c1cc2cc(Cl)ccc2[nH]1. The first-order valence-electron chi connectivity index (χ1n) is 9.03. The Kier molecular flexibility index (Phi) is 4.96. The van der Waals surface area contributed by atoms with Gasteiger partial charge in [0.1, 0.15) is 5.69 Å². The Morgan fingerprint density at radius 3 is 2.65 bits per heavy atom. The van der Waals surface area contributed by atoms with Gasteiger partial charge in [-0.15, -0.1) is 0 Å². The van der Waals surface area contributed by atoms with Crippen molar-refractivity contribution in [1.82, 2.24) is 15.2 Å². The van der Waals surface area contributed by atoms with E-state index in [0.29, 0.717) is 10.7 Å². The molecule has 0 bridgehead atoms. The second-order valence-electron chi connectivity index (χ2n) is 6.92. The highest BCUT2D eigenvalue weighted by Crippen LogP contribution is 2.20. The van der Waals surface area contributed by atoms with Crippen molar-refractivity contribution < 1.29 is 4.79 Å². The molecule has 2 aromatic carbocycles. The summed E-state index contributed by atoms with van der Waals surface area (Å²) in [7, 11) is 0. The van der Waals surface area contributed by atoms with Crippen LogP contribution < -0.4 is 5.32 Å². The summed E-state index contributed by atoms with van der Waals surface area (Å²) in [6.45, 7) is 2.98. The number of hydrogen-bond acceptors (Lipinski definition) is 2. The molecular formula is C21H22ClN3O. The van der Waals surface area contributed by atoms with E-state index < -0.39 is 0 Å². The molecule has 1 saturated heterocycles. The predicted molar refractivity (Wildman–Crippen MR) is 106 cm³/mol. The van der Waals surface area contributed by atoms with Gasteiger partial charge in [0.2, 0.25) is 0 Å². The zero-order valence-electron chi connectivity index (χ0n) is 14.5. The monoisotopic (exact) mass is 367 g/mol. The molecule has 2 heterocycles. The van der Waals surface area contributed by atoms with Gasteiger partial charge in [-0.2, -0.15) is 0 Å². The van der Waals surface area contributed by atoms with Gasteiger partial charge in [0, 0.05) is 41.6 Å². The number of nitrogens with zero attached hydrogens (tertiary/aromatic N) is 1. The van der Waals surface area contributed by atoms with Gasteiger partial charge in [-0.3, -0.25) is 9.69 Å². The van der Waals surface area contributed by atoms with Crippen molar-refractivity contribution in [3.8, 4) is 0 Å². The first-order valence-corrected chi connectivity index (χ1v) is 9.40. The van der Waals surface area contributed by atoms with Crippen molar-refractivity contribution in [1.29, 1.82) is 0 Å². The van der Waals surface area contributed by atoms with Gasteiger partial charge >= 0.3 is 0 Å². The average molecular weight is 368 g/mol. The highest BCUT2D eigenvalue weighted by atomic mass is 35.5. The molecule has 0 spiro atoms. The molecule has 0 saturated carbocycles. The van der Waals surface area contributed by atoms with Crippen LogP contribution in [0.5, 0.6) is 0 Å². The minimum atomic E-state index is -0.0427. The Labute approximate surface area is 158 Å². The molecule has 0 unspecified atom stereocenters. The van der Waals surface area contributed by atoms with Crippen molar-refractivity contribution in [3.05, 3.63) is 70.9 Å². The number of nitrogens with one attached hydrogen (secondary N) is 2. The van der Waals surface area contributed by atoms with Gasteiger partial charge < -0.3 is 10.3 Å². The first kappa shape index (κ1) is 17.1. The maximum Gasteiger partial charge on any atom is 0.267 e. The third-order valence-electron chi connectivity index (χ3n) is 5.00. The predicted octanol–water partition coefficient (Wildman–Crippen LogP) is 4.22. The van der Waals surface area contributed by atoms with E-state index in [-0.39, 0.29) is 11.9 Å². The number of carbonyl (C=O) groups is 1. The fraction of sp³-hybridized carbons (Fsp3) is 0.286. The molecule has 1 aliphatic heterocycles. The number of aromatic amines is 1. The van der Waals surface area contributed by atoms with Gasteiger partial charge in [-0.25, -0.2) is 0 Å². The molecule has 5 heteroatoms. The van der Waals surface area contributed by atoms with Crippen LogP contribution in [0.1, 0.15) is 28.9 Å². The number of H-pyrrole nitrogens is 1. The van der Waals surface area contributed by atoms with E-state index in [0.717, 1.165) is 43.4 Å². The lowest BCUT2D eigenvalue weighted by Crippen LogP contribution is -2.44. The summed E-state index contributed by atoms with van der Waals surface area (Å²) < 4.78 is 0. The van der Waals surface area contributed by atoms with Gasteiger partial charge in [0.25, 0.3) is 5.91 Å². The number of likely N-dealkylation sites (tertiary alicyclic amines) is 1. The fourth-order valence-electron chi connectivity index (χ4n) is 3.57. The van der Waals surface area contributed by atoms with Crippen molar-refractivity contribution in [2.75, 3.05) is 13.1 Å². The van der Waals surface area contributed by atoms with Crippen LogP contribution in [0.2, 0.25) is 5.02 Å². The molecule has 26 heavy (non-hydrogen) atoms. The number of halogens is 1. The van der Waals surface area contributed by atoms with Gasteiger partial charge in [-0.1, -0.05) is 41.9 Å². The summed E-state index contributed by atoms with van der Waals surface area (Å²) in [4.78, 5) is 18.2. The number of piperidine rings is 1. The van der Waals surface area contributed by atoms with Crippen LogP contribution in [0.25, 0.3) is 10.9 Å². The number of hydrogen-bond donors (Lipinski definition) is 2. The van der Waals surface area contributed by atoms with Crippen molar-refractivity contribution in [2.24, 2.45) is 0 Å². The Bertz CT molecular complexity index is 898. The summed E-state index contributed by atoms with van der Waals surface area (Å²) in [6, 6.07) is 18.2. The lowest BCUT2D eigenvalue weighted by atomic mass is 10.0. The van der Waals surface area contributed by atoms with Crippen molar-refractivity contribution in [3.63, 3.8) is 0 Å². The van der Waals surface area contributed by atoms with Gasteiger partial charge in [0.15, 0.2) is 0 Å². The van der Waals surface area contributed by atoms with E-state index in [9.17, 15) is 4.79 Å². The third-order valence-corrected chi connectivity index (χ3v) is 5.23. The maximum absolute atomic E-state index is 12.6. The smallest absolute Gasteiger partial charge is 0.267 e. The largest absolute Gasteiger partial charge is 0.351 e. The van der Waals surface area contributed by atoms with Crippen molar-refractivity contribution >= 4 is 28.4 Å². The second kappa shape index (κ2) is 7.52. The van der Waals surface area contributed by atoms with Crippen LogP contribution in [0.15, 0.2) is 54.6 Å². The van der Waals surface area contributed by atoms with Crippen LogP contribution in [0, 0.1) is 0 Å². The van der Waals surface area contributed by atoms with Crippen LogP contribution >= 0.6 is 11.6 Å². The molecule has 1 aromatic heterocycles. The molecule has 2 N–H and O–H groups in total. The molecule has 1 amide bonds. The highest BCUT2D eigenvalue weighted by Gasteiger charge is 2.21. The fourth-order valence-corrected chi connectivity index (χ4v) is 3.75. The van der Waals surface area contributed by atoms with Crippen LogP contribution in [-0.2, 0) is 6.54 Å². The van der Waals surface area contributed by atoms with E-state index >= 15 is 0 Å². The van der Waals surface area contributed by atoms with E-state index in [2.05, 4.69) is 39.5 Å². The van der Waals surface area contributed by atoms with Crippen molar-refractivity contribution in [2.45, 2.75) is 25.4 Å². The number of carbonyl (C=O) groups excluding carboxylic acids is 1. The maximum atomic E-state index is 12.6. The molecule has 1 aliphatic rings. The first-order chi connectivity index (χ1) is 12.7. The number of rotatable bonds is 4. The standard InChI is InChI=1S/C21H22ClN3O/c22-17-6-7-19-16(12-17)13-20(24-19)21(26)23-18-8-10-25(11-9-18)14-15-4-2-1-3-5-15/h1-7,12-13,18,24H,8-11,14H2,(H,23,26). The minimum absolute atomic E-state index is 0.0427. The molecule has 3 aromatic rings. The zero-order valence-corrected chi connectivity index (χ0v) is 15.3. The van der Waals surface area contributed by atoms with E-state index in [4.69, 9.17) is 11.6 Å². The molecule has 0 atom stereocenters. The van der Waals surface area contributed by atoms with E-state index in [1.807, 2.05) is 30.3 Å². The Hall–Kier alpha value is -2.30. The number of aromatic nitrogens is 1. The summed E-state index contributed by atoms with van der Waals surface area (Å²) in [6.07, 6.45) is 1.95. The molecule has 134 valence electrons. The minimum Gasteiger partial charge on any atom is -0.351 e. The summed E-state index contributed by atoms with van der Waals surface area (Å²) in [5, 5.41) is 4.80. The number of benzene rings is 2.